The van der Waals surface area contributed by atoms with Crippen molar-refractivity contribution in [2.75, 3.05) is 30.3 Å². The van der Waals surface area contributed by atoms with Gasteiger partial charge >= 0.3 is 0 Å². The van der Waals surface area contributed by atoms with E-state index in [-0.39, 0.29) is 5.91 Å². The number of unbranched alkanes of at least 4 members (excludes halogenated alkanes) is 1. The normalized spacial score (nSPS) is 10.3. The van der Waals surface area contributed by atoms with Crippen molar-refractivity contribution in [3.05, 3.63) is 66.5 Å². The van der Waals surface area contributed by atoms with Crippen LogP contribution in [-0.4, -0.2) is 40.8 Å². The average molecular weight is 406 g/mol. The summed E-state index contributed by atoms with van der Waals surface area (Å²) in [6.07, 6.45) is 5.53. The molecule has 0 aliphatic rings. The smallest absolute Gasteiger partial charge is 0.251 e. The summed E-state index contributed by atoms with van der Waals surface area (Å²) in [6, 6.07) is 14.6. The number of carbonyl (C=O) groups is 1. The number of amides is 1. The van der Waals surface area contributed by atoms with Crippen LogP contribution >= 0.6 is 0 Å². The molecule has 0 fully saturated rings. The highest BCUT2D eigenvalue weighted by molar-refractivity contribution is 5.94. The summed E-state index contributed by atoms with van der Waals surface area (Å²) in [7, 11) is 0. The summed E-state index contributed by atoms with van der Waals surface area (Å²) in [5, 5.41) is 17.4. The molecular formula is C22H26N6O2. The summed E-state index contributed by atoms with van der Waals surface area (Å²) in [5.74, 6) is 1.92. The lowest BCUT2D eigenvalue weighted by molar-refractivity contribution is 0.0955. The second-order valence-electron chi connectivity index (χ2n) is 6.58. The van der Waals surface area contributed by atoms with E-state index in [1.165, 1.54) is 0 Å². The minimum Gasteiger partial charge on any atom is -0.494 e. The zero-order valence-electron chi connectivity index (χ0n) is 17.0. The van der Waals surface area contributed by atoms with E-state index in [0.29, 0.717) is 36.9 Å². The first-order valence-electron chi connectivity index (χ1n) is 10.0. The minimum absolute atomic E-state index is 0.126. The van der Waals surface area contributed by atoms with E-state index in [0.717, 1.165) is 24.3 Å². The monoisotopic (exact) mass is 406 g/mol. The maximum atomic E-state index is 12.2. The molecule has 0 aliphatic heterocycles. The predicted molar refractivity (Wildman–Crippen MR) is 117 cm³/mol. The number of hydrogen-bond donors (Lipinski definition) is 3. The van der Waals surface area contributed by atoms with Gasteiger partial charge in [-0.15, -0.1) is 10.2 Å². The van der Waals surface area contributed by atoms with Gasteiger partial charge in [0, 0.05) is 24.8 Å². The maximum Gasteiger partial charge on any atom is 0.251 e. The molecule has 0 radical (unpaired) electrons. The van der Waals surface area contributed by atoms with Crippen LogP contribution in [0.15, 0.2) is 60.9 Å². The third-order valence-electron chi connectivity index (χ3n) is 4.20. The molecular weight excluding hydrogens is 380 g/mol. The Bertz CT molecular complexity index is 901. The molecule has 0 saturated carbocycles. The molecule has 0 spiro atoms. The van der Waals surface area contributed by atoms with Gasteiger partial charge in [-0.05, 0) is 55.0 Å². The van der Waals surface area contributed by atoms with Crippen molar-refractivity contribution in [1.29, 1.82) is 0 Å². The Balaban J connectivity index is 1.37. The topological polar surface area (TPSA) is 101 Å². The van der Waals surface area contributed by atoms with E-state index in [2.05, 4.69) is 38.1 Å². The Morgan fingerprint density at radius 3 is 2.50 bits per heavy atom. The molecule has 2 aromatic heterocycles. The van der Waals surface area contributed by atoms with Crippen LogP contribution in [0.2, 0.25) is 0 Å². The minimum atomic E-state index is -0.126. The average Bonchev–Trinajstić information content (AvgIpc) is 2.79. The Morgan fingerprint density at radius 2 is 1.80 bits per heavy atom. The zero-order chi connectivity index (χ0) is 21.0. The van der Waals surface area contributed by atoms with Gasteiger partial charge in [-0.1, -0.05) is 13.3 Å². The van der Waals surface area contributed by atoms with Gasteiger partial charge in [0.1, 0.15) is 11.6 Å². The van der Waals surface area contributed by atoms with Crippen molar-refractivity contribution in [1.82, 2.24) is 20.5 Å². The van der Waals surface area contributed by atoms with Gasteiger partial charge in [0.15, 0.2) is 5.82 Å². The lowest BCUT2D eigenvalue weighted by Crippen LogP contribution is -2.28. The number of nitrogens with zero attached hydrogens (tertiary/aromatic N) is 3. The first-order valence-corrected chi connectivity index (χ1v) is 10.0. The number of benzene rings is 1. The number of anilines is 3. The fraction of sp³-hybridized carbons (Fsp3) is 0.273. The Morgan fingerprint density at radius 1 is 1.00 bits per heavy atom. The van der Waals surface area contributed by atoms with E-state index >= 15 is 0 Å². The van der Waals surface area contributed by atoms with Crippen LogP contribution in [0, 0.1) is 0 Å². The third kappa shape index (κ3) is 6.73. The molecule has 0 unspecified atom stereocenters. The second kappa shape index (κ2) is 11.4. The zero-order valence-corrected chi connectivity index (χ0v) is 17.0. The van der Waals surface area contributed by atoms with E-state index in [4.69, 9.17) is 4.74 Å². The molecule has 30 heavy (non-hydrogen) atoms. The van der Waals surface area contributed by atoms with E-state index in [1.807, 2.05) is 36.4 Å². The third-order valence-corrected chi connectivity index (χ3v) is 4.20. The molecule has 0 atom stereocenters. The van der Waals surface area contributed by atoms with Crippen LogP contribution in [-0.2, 0) is 0 Å². The van der Waals surface area contributed by atoms with E-state index in [9.17, 15) is 4.79 Å². The van der Waals surface area contributed by atoms with Crippen LogP contribution < -0.4 is 20.7 Å². The predicted octanol–water partition coefficient (Wildman–Crippen LogP) is 3.64. The van der Waals surface area contributed by atoms with Gasteiger partial charge in [0.2, 0.25) is 0 Å². The fourth-order valence-corrected chi connectivity index (χ4v) is 2.58. The molecule has 2 heterocycles. The Kier molecular flexibility index (Phi) is 7.96. The maximum absolute atomic E-state index is 12.2. The number of aromatic nitrogens is 3. The largest absolute Gasteiger partial charge is 0.494 e. The van der Waals surface area contributed by atoms with Gasteiger partial charge in [0.05, 0.1) is 18.5 Å². The number of carbonyl (C=O) groups excluding carboxylic acids is 1. The molecule has 1 amide bonds. The molecule has 8 nitrogen and oxygen atoms in total. The standard InChI is InChI=1S/C22H26N6O2/c1-2-3-15-30-19-8-6-17(7-9-19)22(29)25-14-13-24-20-10-11-21(28-27-20)26-18-5-4-12-23-16-18/h4-12,16H,2-3,13-15H2,1H3,(H,24,27)(H,25,29)(H,26,28). The van der Waals surface area contributed by atoms with Crippen molar-refractivity contribution < 1.29 is 9.53 Å². The summed E-state index contributed by atoms with van der Waals surface area (Å²) >= 11 is 0. The van der Waals surface area contributed by atoms with Crippen molar-refractivity contribution in [3.8, 4) is 5.75 Å². The first-order chi connectivity index (χ1) is 14.7. The molecule has 156 valence electrons. The molecule has 0 bridgehead atoms. The van der Waals surface area contributed by atoms with Crippen LogP contribution in [0.4, 0.5) is 17.3 Å². The highest BCUT2D eigenvalue weighted by Gasteiger charge is 2.05. The highest BCUT2D eigenvalue weighted by atomic mass is 16.5. The second-order valence-corrected chi connectivity index (χ2v) is 6.58. The molecule has 3 rings (SSSR count). The number of nitrogens with one attached hydrogen (secondary N) is 3. The van der Waals surface area contributed by atoms with Crippen molar-refractivity contribution >= 4 is 23.2 Å². The summed E-state index contributed by atoms with van der Waals surface area (Å²) in [4.78, 5) is 16.3. The van der Waals surface area contributed by atoms with E-state index < -0.39 is 0 Å². The molecule has 0 aliphatic carbocycles. The lowest BCUT2D eigenvalue weighted by Gasteiger charge is -2.09. The Labute approximate surface area is 176 Å². The summed E-state index contributed by atoms with van der Waals surface area (Å²) in [6.45, 7) is 3.81. The number of ether oxygens (including phenoxy) is 1. The van der Waals surface area contributed by atoms with Crippen LogP contribution in [0.5, 0.6) is 5.75 Å². The summed E-state index contributed by atoms with van der Waals surface area (Å²) < 4.78 is 5.61. The van der Waals surface area contributed by atoms with E-state index in [1.54, 1.807) is 24.5 Å². The van der Waals surface area contributed by atoms with Gasteiger partial charge < -0.3 is 20.7 Å². The quantitative estimate of drug-likeness (QED) is 0.418. The molecule has 8 heteroatoms. The number of pyridine rings is 1. The Hall–Kier alpha value is -3.68. The van der Waals surface area contributed by atoms with Crippen LogP contribution in [0.25, 0.3) is 0 Å². The highest BCUT2D eigenvalue weighted by Crippen LogP contribution is 2.14. The fourth-order valence-electron chi connectivity index (χ4n) is 2.58. The molecule has 1 aromatic carbocycles. The van der Waals surface area contributed by atoms with Crippen LogP contribution in [0.3, 0.4) is 0 Å². The van der Waals surface area contributed by atoms with Gasteiger partial charge in [-0.2, -0.15) is 0 Å². The molecule has 0 saturated heterocycles. The molecule has 3 N–H and O–H groups in total. The van der Waals surface area contributed by atoms with Crippen molar-refractivity contribution in [2.45, 2.75) is 19.8 Å². The first kappa shape index (κ1) is 21.0. The SMILES string of the molecule is CCCCOc1ccc(C(=O)NCCNc2ccc(Nc3cccnc3)nn2)cc1. The van der Waals surface area contributed by atoms with Crippen molar-refractivity contribution in [3.63, 3.8) is 0 Å². The molecule has 3 aromatic rings. The van der Waals surface area contributed by atoms with Crippen LogP contribution in [0.1, 0.15) is 30.1 Å². The number of rotatable bonds is 11. The number of hydrogen-bond acceptors (Lipinski definition) is 7. The van der Waals surface area contributed by atoms with Gasteiger partial charge in [-0.25, -0.2) is 0 Å². The summed E-state index contributed by atoms with van der Waals surface area (Å²) in [5.41, 5.74) is 1.44. The van der Waals surface area contributed by atoms with Gasteiger partial charge in [-0.3, -0.25) is 9.78 Å². The lowest BCUT2D eigenvalue weighted by atomic mass is 10.2. The van der Waals surface area contributed by atoms with Crippen molar-refractivity contribution in [2.24, 2.45) is 0 Å². The van der Waals surface area contributed by atoms with Gasteiger partial charge in [0.25, 0.3) is 5.91 Å².